The van der Waals surface area contributed by atoms with Gasteiger partial charge in [-0.05, 0) is 116 Å². The number of pyridine rings is 1. The van der Waals surface area contributed by atoms with E-state index in [4.69, 9.17) is 4.74 Å². The second kappa shape index (κ2) is 14.9. The summed E-state index contributed by atoms with van der Waals surface area (Å²) in [6.07, 6.45) is 3.54. The molecule has 1 unspecified atom stereocenters. The number of halogens is 4. The van der Waals surface area contributed by atoms with E-state index >= 15 is 4.39 Å². The summed E-state index contributed by atoms with van der Waals surface area (Å²) in [6.45, 7) is 1.04. The number of rotatable bonds is 8. The number of carbonyl (C=O) groups excluding carboxylic acids is 2. The molecule has 53 heavy (non-hydrogen) atoms. The lowest BCUT2D eigenvalue weighted by atomic mass is 9.71. The van der Waals surface area contributed by atoms with Gasteiger partial charge in [0.15, 0.2) is 0 Å². The first-order valence-electron chi connectivity index (χ1n) is 18.4. The van der Waals surface area contributed by atoms with E-state index in [1.54, 1.807) is 32.5 Å². The molecule has 4 aromatic rings. The molecule has 2 saturated heterocycles. The van der Waals surface area contributed by atoms with Crippen LogP contribution in [0.2, 0.25) is 0 Å². The second-order valence-electron chi connectivity index (χ2n) is 14.8. The summed E-state index contributed by atoms with van der Waals surface area (Å²) in [5, 5.41) is 6.42. The number of carbonyl (C=O) groups is 2. The molecule has 8 nitrogen and oxygen atoms in total. The first-order chi connectivity index (χ1) is 25.4. The molecule has 3 heterocycles. The number of ether oxygens (including phenoxy) is 1. The lowest BCUT2D eigenvalue weighted by Gasteiger charge is -2.40. The number of piperidine rings is 2. The average Bonchev–Trinajstić information content (AvgIpc) is 3.15. The van der Waals surface area contributed by atoms with Crippen molar-refractivity contribution >= 4 is 34.0 Å². The first-order valence-corrected chi connectivity index (χ1v) is 18.4. The molecule has 1 aliphatic carbocycles. The molecule has 2 aliphatic heterocycles. The molecule has 3 fully saturated rings. The number of imide groups is 1. The number of methoxy groups -OCH3 is 1. The normalized spacial score (nSPS) is 21.5. The number of aryl methyl sites for hydroxylation is 1. The summed E-state index contributed by atoms with van der Waals surface area (Å²) in [5.74, 6) is 0.419. The Hall–Kier alpha value is -4.87. The molecule has 0 spiro atoms. The number of alkyl halides is 3. The van der Waals surface area contributed by atoms with Gasteiger partial charge in [-0.25, -0.2) is 4.39 Å². The van der Waals surface area contributed by atoms with Crippen LogP contribution >= 0.6 is 0 Å². The number of fused-ring (bicyclic) bond motifs is 1. The summed E-state index contributed by atoms with van der Waals surface area (Å²) < 4.78 is 66.0. The number of nitrogens with zero attached hydrogens (tertiary/aromatic N) is 2. The molecule has 2 amide bonds. The summed E-state index contributed by atoms with van der Waals surface area (Å²) in [6, 6.07) is 14.1. The van der Waals surface area contributed by atoms with Crippen LogP contribution in [-0.4, -0.2) is 42.6 Å². The number of hydrogen-bond donors (Lipinski definition) is 2. The molecular formula is C41H44F4N4O4. The van der Waals surface area contributed by atoms with Crippen LogP contribution in [0.15, 0.2) is 65.6 Å². The topological polar surface area (TPSA) is 92.7 Å². The van der Waals surface area contributed by atoms with Gasteiger partial charge in [0.1, 0.15) is 17.6 Å². The van der Waals surface area contributed by atoms with Gasteiger partial charge in [-0.15, -0.1) is 0 Å². The maximum atomic E-state index is 15.9. The van der Waals surface area contributed by atoms with Gasteiger partial charge in [-0.2, -0.15) is 13.2 Å². The van der Waals surface area contributed by atoms with Gasteiger partial charge in [0, 0.05) is 60.6 Å². The van der Waals surface area contributed by atoms with Gasteiger partial charge in [0.05, 0.1) is 12.7 Å². The van der Waals surface area contributed by atoms with Crippen LogP contribution in [-0.2, 0) is 29.2 Å². The standard InChI is InChI=1S/C41H44F4N4O4/c1-48-23-32(29-5-3-4-6-30(29)40(48)52)27-20-34(42)31(37(21-27)53-2)19-24-7-9-25(10-8-24)26-15-17-49(18-16-26)36-13-11-28(22-33(36)41(43,44)45)46-35-12-14-38(50)47-39(35)51/h3-6,11,13,20-26,35,46H,7-10,12,14-19H2,1-2H3,(H,47,50,51). The summed E-state index contributed by atoms with van der Waals surface area (Å²) in [7, 11) is 3.24. The van der Waals surface area contributed by atoms with Gasteiger partial charge < -0.3 is 19.5 Å². The number of anilines is 2. The van der Waals surface area contributed by atoms with E-state index in [1.165, 1.54) is 16.7 Å². The van der Waals surface area contributed by atoms with E-state index in [9.17, 15) is 27.6 Å². The maximum absolute atomic E-state index is 15.9. The smallest absolute Gasteiger partial charge is 0.418 e. The highest BCUT2D eigenvalue weighted by Crippen LogP contribution is 2.44. The minimum atomic E-state index is -4.58. The lowest BCUT2D eigenvalue weighted by molar-refractivity contribution is -0.137. The predicted molar refractivity (Wildman–Crippen MR) is 196 cm³/mol. The average molecular weight is 733 g/mol. The third kappa shape index (κ3) is 7.63. The number of benzene rings is 3. The molecule has 3 aliphatic rings. The minimum Gasteiger partial charge on any atom is -0.496 e. The van der Waals surface area contributed by atoms with Crippen molar-refractivity contribution in [1.29, 1.82) is 0 Å². The number of nitrogens with one attached hydrogen (secondary N) is 2. The molecule has 1 saturated carbocycles. The summed E-state index contributed by atoms with van der Waals surface area (Å²) in [4.78, 5) is 38.1. The highest BCUT2D eigenvalue weighted by Gasteiger charge is 2.38. The molecule has 1 aromatic heterocycles. The molecule has 280 valence electrons. The van der Waals surface area contributed by atoms with Crippen molar-refractivity contribution in [3.8, 4) is 16.9 Å². The van der Waals surface area contributed by atoms with Crippen LogP contribution in [0.5, 0.6) is 5.75 Å². The predicted octanol–water partition coefficient (Wildman–Crippen LogP) is 7.85. The Balaban J connectivity index is 0.970. The van der Waals surface area contributed by atoms with Crippen molar-refractivity contribution in [3.05, 3.63) is 88.1 Å². The van der Waals surface area contributed by atoms with Crippen LogP contribution in [0.4, 0.5) is 28.9 Å². The van der Waals surface area contributed by atoms with Gasteiger partial charge in [-0.1, -0.05) is 18.2 Å². The van der Waals surface area contributed by atoms with Crippen molar-refractivity contribution in [2.75, 3.05) is 30.4 Å². The van der Waals surface area contributed by atoms with Crippen molar-refractivity contribution in [2.24, 2.45) is 24.8 Å². The Morgan fingerprint density at radius 1 is 0.887 bits per heavy atom. The number of hydrogen-bond acceptors (Lipinski definition) is 6. The largest absolute Gasteiger partial charge is 0.496 e. The van der Waals surface area contributed by atoms with Gasteiger partial charge in [0.25, 0.3) is 5.56 Å². The van der Waals surface area contributed by atoms with Gasteiger partial charge in [0.2, 0.25) is 11.8 Å². The summed E-state index contributed by atoms with van der Waals surface area (Å²) in [5.41, 5.74) is 1.43. The Kier molecular flexibility index (Phi) is 10.2. The van der Waals surface area contributed by atoms with Crippen molar-refractivity contribution < 1.29 is 31.9 Å². The van der Waals surface area contributed by atoms with E-state index in [0.29, 0.717) is 59.5 Å². The Morgan fingerprint density at radius 2 is 1.58 bits per heavy atom. The quantitative estimate of drug-likeness (QED) is 0.142. The number of amides is 2. The SMILES string of the molecule is COc1cc(-c2cn(C)c(=O)c3ccccc23)cc(F)c1CC1CCC(C2CCN(c3ccc(NC4CCC(=O)NC4=O)cc3C(F)(F)F)CC2)CC1. The molecule has 7 rings (SSSR count). The molecule has 0 bridgehead atoms. The van der Waals surface area contributed by atoms with E-state index in [-0.39, 0.29) is 41.5 Å². The molecular weight excluding hydrogens is 688 g/mol. The zero-order chi connectivity index (χ0) is 37.4. The molecule has 2 N–H and O–H groups in total. The van der Waals surface area contributed by atoms with Crippen molar-refractivity contribution in [3.63, 3.8) is 0 Å². The molecule has 1 atom stereocenters. The van der Waals surface area contributed by atoms with Gasteiger partial charge in [-0.3, -0.25) is 19.7 Å². The van der Waals surface area contributed by atoms with Crippen molar-refractivity contribution in [1.82, 2.24) is 9.88 Å². The fourth-order valence-electron chi connectivity index (χ4n) is 8.72. The van der Waals surface area contributed by atoms with Gasteiger partial charge >= 0.3 is 6.18 Å². The van der Waals surface area contributed by atoms with E-state index in [1.807, 2.05) is 29.2 Å². The highest BCUT2D eigenvalue weighted by atomic mass is 19.4. The van der Waals surface area contributed by atoms with Crippen LogP contribution in [0, 0.1) is 23.6 Å². The van der Waals surface area contributed by atoms with E-state index < -0.39 is 23.7 Å². The Bertz CT molecular complexity index is 2080. The molecule has 12 heteroatoms. The zero-order valence-electron chi connectivity index (χ0n) is 29.9. The first kappa shape index (κ1) is 36.5. The maximum Gasteiger partial charge on any atom is 0.418 e. The fourth-order valence-corrected chi connectivity index (χ4v) is 8.72. The second-order valence-corrected chi connectivity index (χ2v) is 14.8. The Labute approximate surface area is 305 Å². The monoisotopic (exact) mass is 732 g/mol. The van der Waals surface area contributed by atoms with Crippen LogP contribution in [0.3, 0.4) is 0 Å². The molecule has 0 radical (unpaired) electrons. The zero-order valence-corrected chi connectivity index (χ0v) is 29.9. The number of aromatic nitrogens is 1. The van der Waals surface area contributed by atoms with Crippen LogP contribution < -0.4 is 25.8 Å². The third-order valence-electron chi connectivity index (χ3n) is 11.6. The Morgan fingerprint density at radius 3 is 2.26 bits per heavy atom. The highest BCUT2D eigenvalue weighted by molar-refractivity contribution is 6.01. The van der Waals surface area contributed by atoms with Crippen molar-refractivity contribution in [2.45, 2.75) is 70.0 Å². The van der Waals surface area contributed by atoms with E-state index in [0.717, 1.165) is 55.5 Å². The third-order valence-corrected chi connectivity index (χ3v) is 11.6. The fraction of sp³-hybridized carbons (Fsp3) is 0.439. The lowest BCUT2D eigenvalue weighted by Crippen LogP contribution is -2.47. The molecule has 3 aromatic carbocycles. The van der Waals surface area contributed by atoms with Crippen LogP contribution in [0.25, 0.3) is 21.9 Å². The van der Waals surface area contributed by atoms with E-state index in [2.05, 4.69) is 10.6 Å². The minimum absolute atomic E-state index is 0.113. The summed E-state index contributed by atoms with van der Waals surface area (Å²) >= 11 is 0. The van der Waals surface area contributed by atoms with Crippen LogP contribution in [0.1, 0.15) is 62.5 Å².